The molecule has 0 saturated heterocycles. The zero-order valence-corrected chi connectivity index (χ0v) is 12.6. The van der Waals surface area contributed by atoms with Crippen LogP contribution in [0.15, 0.2) is 24.3 Å². The number of carbonyl (C=O) groups excluding carboxylic acids is 1. The maximum absolute atomic E-state index is 13.3. The van der Waals surface area contributed by atoms with Crippen molar-refractivity contribution in [3.05, 3.63) is 35.6 Å². The molecule has 0 unspecified atom stereocenters. The Morgan fingerprint density at radius 1 is 1.19 bits per heavy atom. The minimum atomic E-state index is -0.833. The molecular formula is C15H20FNO3S. The third-order valence-corrected chi connectivity index (χ3v) is 3.84. The lowest BCUT2D eigenvalue weighted by Crippen LogP contribution is -2.25. The number of thioether (sulfide) groups is 1. The molecule has 1 aromatic rings. The van der Waals surface area contributed by atoms with Crippen LogP contribution in [0, 0.1) is 5.82 Å². The third kappa shape index (κ3) is 8.34. The van der Waals surface area contributed by atoms with Crippen molar-refractivity contribution in [2.45, 2.75) is 31.4 Å². The van der Waals surface area contributed by atoms with Crippen molar-refractivity contribution >= 4 is 23.6 Å². The second-order valence-electron chi connectivity index (χ2n) is 4.59. The van der Waals surface area contributed by atoms with Gasteiger partial charge in [0.25, 0.3) is 0 Å². The molecule has 0 spiro atoms. The molecule has 0 atom stereocenters. The average molecular weight is 313 g/mol. The summed E-state index contributed by atoms with van der Waals surface area (Å²) in [6.07, 6.45) is 1.56. The summed E-state index contributed by atoms with van der Waals surface area (Å²) >= 11 is 1.56. The lowest BCUT2D eigenvalue weighted by Gasteiger charge is -2.05. The van der Waals surface area contributed by atoms with E-state index in [1.807, 2.05) is 0 Å². The third-order valence-electron chi connectivity index (χ3n) is 2.83. The SMILES string of the molecule is O=C(O)CCCCC(=O)NCCSCc1ccccc1F. The van der Waals surface area contributed by atoms with Crippen LogP contribution in [0.25, 0.3) is 0 Å². The highest BCUT2D eigenvalue weighted by Crippen LogP contribution is 2.14. The van der Waals surface area contributed by atoms with Gasteiger partial charge in [-0.2, -0.15) is 11.8 Å². The van der Waals surface area contributed by atoms with Gasteiger partial charge in [-0.15, -0.1) is 0 Å². The number of hydrogen-bond donors (Lipinski definition) is 2. The van der Waals surface area contributed by atoms with Gasteiger partial charge in [0.2, 0.25) is 5.91 Å². The number of carboxylic acids is 1. The molecule has 0 aliphatic heterocycles. The van der Waals surface area contributed by atoms with E-state index in [2.05, 4.69) is 5.32 Å². The van der Waals surface area contributed by atoms with Gasteiger partial charge in [-0.1, -0.05) is 18.2 Å². The van der Waals surface area contributed by atoms with Crippen LogP contribution >= 0.6 is 11.8 Å². The highest BCUT2D eigenvalue weighted by atomic mass is 32.2. The van der Waals surface area contributed by atoms with Gasteiger partial charge in [0.15, 0.2) is 0 Å². The lowest BCUT2D eigenvalue weighted by molar-refractivity contribution is -0.137. The summed E-state index contributed by atoms with van der Waals surface area (Å²) in [6.45, 7) is 0.539. The number of halogens is 1. The van der Waals surface area contributed by atoms with Gasteiger partial charge in [-0.3, -0.25) is 9.59 Å². The van der Waals surface area contributed by atoms with Gasteiger partial charge in [-0.05, 0) is 24.5 Å². The first kappa shape index (κ1) is 17.5. The summed E-state index contributed by atoms with van der Waals surface area (Å²) in [6, 6.07) is 6.66. The van der Waals surface area contributed by atoms with Crippen LogP contribution in [0.4, 0.5) is 4.39 Å². The van der Waals surface area contributed by atoms with E-state index in [1.165, 1.54) is 6.07 Å². The number of hydrogen-bond acceptors (Lipinski definition) is 3. The molecule has 1 aromatic carbocycles. The highest BCUT2D eigenvalue weighted by Gasteiger charge is 2.03. The molecule has 0 aliphatic carbocycles. The van der Waals surface area contributed by atoms with Crippen LogP contribution in [0.3, 0.4) is 0 Å². The lowest BCUT2D eigenvalue weighted by atomic mass is 10.2. The van der Waals surface area contributed by atoms with Crippen LogP contribution in [-0.4, -0.2) is 29.3 Å². The molecule has 2 N–H and O–H groups in total. The molecule has 116 valence electrons. The number of rotatable bonds is 10. The summed E-state index contributed by atoms with van der Waals surface area (Å²) in [4.78, 5) is 21.7. The molecule has 0 bridgehead atoms. The number of benzene rings is 1. The van der Waals surface area contributed by atoms with Gasteiger partial charge in [0.05, 0.1) is 0 Å². The zero-order chi connectivity index (χ0) is 15.5. The van der Waals surface area contributed by atoms with E-state index in [0.29, 0.717) is 37.1 Å². The highest BCUT2D eigenvalue weighted by molar-refractivity contribution is 7.98. The first-order valence-corrected chi connectivity index (χ1v) is 8.04. The van der Waals surface area contributed by atoms with E-state index in [1.54, 1.807) is 30.0 Å². The van der Waals surface area contributed by atoms with Gasteiger partial charge in [0.1, 0.15) is 5.82 Å². The van der Waals surface area contributed by atoms with E-state index >= 15 is 0 Å². The largest absolute Gasteiger partial charge is 0.481 e. The average Bonchev–Trinajstić information content (AvgIpc) is 2.45. The van der Waals surface area contributed by atoms with Gasteiger partial charge >= 0.3 is 5.97 Å². The Hall–Kier alpha value is -1.56. The Morgan fingerprint density at radius 3 is 2.62 bits per heavy atom. The number of nitrogens with one attached hydrogen (secondary N) is 1. The molecule has 6 heteroatoms. The van der Waals surface area contributed by atoms with E-state index < -0.39 is 5.97 Å². The smallest absolute Gasteiger partial charge is 0.303 e. The van der Waals surface area contributed by atoms with Crippen LogP contribution in [0.1, 0.15) is 31.2 Å². The monoisotopic (exact) mass is 313 g/mol. The summed E-state index contributed by atoms with van der Waals surface area (Å²) in [5.41, 5.74) is 0.669. The Labute approximate surface area is 128 Å². The van der Waals surface area contributed by atoms with Crippen molar-refractivity contribution in [2.75, 3.05) is 12.3 Å². The minimum absolute atomic E-state index is 0.0631. The number of amides is 1. The van der Waals surface area contributed by atoms with Gasteiger partial charge in [0, 0.05) is 30.9 Å². The minimum Gasteiger partial charge on any atom is -0.481 e. The standard InChI is InChI=1S/C15H20FNO3S/c16-13-6-2-1-5-12(13)11-21-10-9-17-14(18)7-3-4-8-15(19)20/h1-2,5-6H,3-4,7-11H2,(H,17,18)(H,19,20). The van der Waals surface area contributed by atoms with Crippen molar-refractivity contribution in [2.24, 2.45) is 0 Å². The molecule has 21 heavy (non-hydrogen) atoms. The molecule has 0 aliphatic rings. The van der Waals surface area contributed by atoms with Crippen LogP contribution in [-0.2, 0) is 15.3 Å². The predicted octanol–water partition coefficient (Wildman–Crippen LogP) is 2.82. The second kappa shape index (κ2) is 10.2. The molecule has 1 amide bonds. The molecule has 0 aromatic heterocycles. The second-order valence-corrected chi connectivity index (χ2v) is 5.70. The van der Waals surface area contributed by atoms with E-state index in [-0.39, 0.29) is 18.1 Å². The molecule has 0 saturated carbocycles. The van der Waals surface area contributed by atoms with E-state index in [9.17, 15) is 14.0 Å². The van der Waals surface area contributed by atoms with Gasteiger partial charge in [-0.25, -0.2) is 4.39 Å². The molecule has 0 heterocycles. The van der Waals surface area contributed by atoms with E-state index in [0.717, 1.165) is 5.75 Å². The Kier molecular flexibility index (Phi) is 8.50. The predicted molar refractivity (Wildman–Crippen MR) is 81.7 cm³/mol. The number of unbranched alkanes of at least 4 members (excludes halogenated alkanes) is 1. The van der Waals surface area contributed by atoms with Crippen LogP contribution in [0.2, 0.25) is 0 Å². The maximum atomic E-state index is 13.3. The first-order valence-electron chi connectivity index (χ1n) is 6.89. The summed E-state index contributed by atoms with van der Waals surface area (Å²) in [7, 11) is 0. The van der Waals surface area contributed by atoms with Crippen molar-refractivity contribution in [3.63, 3.8) is 0 Å². The number of carbonyl (C=O) groups is 2. The summed E-state index contributed by atoms with van der Waals surface area (Å²) in [5.74, 6) is 0.204. The Morgan fingerprint density at radius 2 is 1.90 bits per heavy atom. The molecular weight excluding hydrogens is 293 g/mol. The Balaban J connectivity index is 2.02. The molecule has 0 radical (unpaired) electrons. The quantitative estimate of drug-likeness (QED) is 0.652. The van der Waals surface area contributed by atoms with E-state index in [4.69, 9.17) is 5.11 Å². The number of aliphatic carboxylic acids is 1. The summed E-state index contributed by atoms with van der Waals surface area (Å²) in [5, 5.41) is 11.2. The van der Waals surface area contributed by atoms with Crippen LogP contribution in [0.5, 0.6) is 0 Å². The Bertz CT molecular complexity index is 468. The fraction of sp³-hybridized carbons (Fsp3) is 0.467. The van der Waals surface area contributed by atoms with Crippen molar-refractivity contribution in [1.82, 2.24) is 5.32 Å². The topological polar surface area (TPSA) is 66.4 Å². The fourth-order valence-electron chi connectivity index (χ4n) is 1.71. The molecule has 4 nitrogen and oxygen atoms in total. The normalized spacial score (nSPS) is 10.3. The maximum Gasteiger partial charge on any atom is 0.303 e. The van der Waals surface area contributed by atoms with Gasteiger partial charge < -0.3 is 10.4 Å². The van der Waals surface area contributed by atoms with Crippen LogP contribution < -0.4 is 5.32 Å². The molecule has 0 fully saturated rings. The summed E-state index contributed by atoms with van der Waals surface area (Å²) < 4.78 is 13.3. The van der Waals surface area contributed by atoms with Crippen molar-refractivity contribution < 1.29 is 19.1 Å². The fourth-order valence-corrected chi connectivity index (χ4v) is 2.56. The van der Waals surface area contributed by atoms with Crippen molar-refractivity contribution in [3.8, 4) is 0 Å². The zero-order valence-electron chi connectivity index (χ0n) is 11.8. The molecule has 1 rings (SSSR count). The van der Waals surface area contributed by atoms with Crippen molar-refractivity contribution in [1.29, 1.82) is 0 Å². The number of carboxylic acid groups (broad SMARTS) is 1. The first-order chi connectivity index (χ1) is 10.1.